The Morgan fingerprint density at radius 2 is 2.24 bits per heavy atom. The summed E-state index contributed by atoms with van der Waals surface area (Å²) in [5.41, 5.74) is 8.94. The summed E-state index contributed by atoms with van der Waals surface area (Å²) >= 11 is 0. The third kappa shape index (κ3) is 1.39. The fraction of sp³-hybridized carbons (Fsp3) is 0.167. The van der Waals surface area contributed by atoms with Crippen LogP contribution in [0.3, 0.4) is 0 Å². The van der Waals surface area contributed by atoms with Crippen molar-refractivity contribution >= 4 is 16.7 Å². The van der Waals surface area contributed by atoms with Crippen molar-refractivity contribution in [2.45, 2.75) is 6.92 Å². The molecule has 5 heteroatoms. The Balaban J connectivity index is 2.38. The summed E-state index contributed by atoms with van der Waals surface area (Å²) in [4.78, 5) is 4.44. The van der Waals surface area contributed by atoms with Crippen molar-refractivity contribution in [2.75, 3.05) is 5.73 Å². The van der Waals surface area contributed by atoms with Crippen LogP contribution in [0.2, 0.25) is 0 Å². The van der Waals surface area contributed by atoms with Crippen molar-refractivity contribution in [1.82, 2.24) is 14.8 Å². The predicted octanol–water partition coefficient (Wildman–Crippen LogP) is 2.12. The van der Waals surface area contributed by atoms with Crippen LogP contribution >= 0.6 is 0 Å². The zero-order chi connectivity index (χ0) is 12.0. The number of rotatable bonds is 1. The van der Waals surface area contributed by atoms with Crippen LogP contribution in [0.15, 0.2) is 28.9 Å². The highest BCUT2D eigenvalue weighted by Crippen LogP contribution is 2.28. The second-order valence-electron chi connectivity index (χ2n) is 3.98. The highest BCUT2D eigenvalue weighted by atomic mass is 16.3. The van der Waals surface area contributed by atoms with E-state index in [1.165, 1.54) is 0 Å². The van der Waals surface area contributed by atoms with Gasteiger partial charge in [-0.1, -0.05) is 0 Å². The highest BCUT2D eigenvalue weighted by Gasteiger charge is 2.15. The minimum Gasteiger partial charge on any atom is -0.463 e. The third-order valence-electron chi connectivity index (χ3n) is 2.80. The molecule has 3 rings (SSSR count). The molecule has 0 saturated carbocycles. The van der Waals surface area contributed by atoms with E-state index in [4.69, 9.17) is 10.2 Å². The van der Waals surface area contributed by atoms with Crippen LogP contribution in [0.1, 0.15) is 5.69 Å². The molecular formula is C12H12N4O. The van der Waals surface area contributed by atoms with Gasteiger partial charge in [0.2, 0.25) is 0 Å². The number of aryl methyl sites for hydroxylation is 2. The minimum absolute atomic E-state index is 0.665. The Kier molecular flexibility index (Phi) is 1.95. The SMILES string of the molecule is Cc1nc2c(cc1N)c(-c1ccco1)nn2C. The van der Waals surface area contributed by atoms with E-state index in [0.717, 1.165) is 28.2 Å². The summed E-state index contributed by atoms with van der Waals surface area (Å²) in [7, 11) is 1.86. The summed E-state index contributed by atoms with van der Waals surface area (Å²) in [5.74, 6) is 0.723. The van der Waals surface area contributed by atoms with Gasteiger partial charge < -0.3 is 10.2 Å². The second kappa shape index (κ2) is 3.35. The molecule has 3 heterocycles. The molecule has 86 valence electrons. The van der Waals surface area contributed by atoms with Crippen LogP contribution < -0.4 is 5.73 Å². The first-order chi connectivity index (χ1) is 8.16. The lowest BCUT2D eigenvalue weighted by atomic mass is 10.2. The van der Waals surface area contributed by atoms with E-state index in [1.807, 2.05) is 32.2 Å². The van der Waals surface area contributed by atoms with Crippen molar-refractivity contribution in [1.29, 1.82) is 0 Å². The average Bonchev–Trinajstić information content (AvgIpc) is 2.90. The lowest BCUT2D eigenvalue weighted by molar-refractivity contribution is 0.578. The average molecular weight is 228 g/mol. The maximum Gasteiger partial charge on any atom is 0.158 e. The smallest absolute Gasteiger partial charge is 0.158 e. The molecule has 0 saturated heterocycles. The molecule has 0 aromatic carbocycles. The molecule has 3 aromatic rings. The highest BCUT2D eigenvalue weighted by molar-refractivity contribution is 5.91. The number of hydrogen-bond acceptors (Lipinski definition) is 4. The van der Waals surface area contributed by atoms with Gasteiger partial charge >= 0.3 is 0 Å². The van der Waals surface area contributed by atoms with E-state index in [9.17, 15) is 0 Å². The molecule has 0 aliphatic heterocycles. The number of nitrogens with zero attached hydrogens (tertiary/aromatic N) is 3. The van der Waals surface area contributed by atoms with E-state index >= 15 is 0 Å². The lowest BCUT2D eigenvalue weighted by Crippen LogP contribution is -1.96. The van der Waals surface area contributed by atoms with Gasteiger partial charge in [0.1, 0.15) is 5.69 Å². The molecule has 0 aliphatic rings. The maximum absolute atomic E-state index is 5.89. The van der Waals surface area contributed by atoms with Gasteiger partial charge in [0.15, 0.2) is 11.4 Å². The van der Waals surface area contributed by atoms with E-state index in [2.05, 4.69) is 10.1 Å². The Morgan fingerprint density at radius 3 is 2.94 bits per heavy atom. The number of fused-ring (bicyclic) bond motifs is 1. The topological polar surface area (TPSA) is 69.9 Å². The summed E-state index contributed by atoms with van der Waals surface area (Å²) in [6.07, 6.45) is 1.63. The molecule has 0 unspecified atom stereocenters. The number of aromatic nitrogens is 3. The van der Waals surface area contributed by atoms with Crippen molar-refractivity contribution in [3.63, 3.8) is 0 Å². The van der Waals surface area contributed by atoms with E-state index in [-0.39, 0.29) is 0 Å². The fourth-order valence-electron chi connectivity index (χ4n) is 1.88. The Hall–Kier alpha value is -2.30. The van der Waals surface area contributed by atoms with Gasteiger partial charge in [-0.15, -0.1) is 0 Å². The molecule has 0 fully saturated rings. The largest absolute Gasteiger partial charge is 0.463 e. The number of pyridine rings is 1. The standard InChI is InChI=1S/C12H12N4O/c1-7-9(13)6-8-11(10-4-3-5-17-10)15-16(2)12(8)14-7/h3-6H,13H2,1-2H3. The van der Waals surface area contributed by atoms with Gasteiger partial charge in [-0.25, -0.2) is 9.67 Å². The van der Waals surface area contributed by atoms with Crippen molar-refractivity contribution in [2.24, 2.45) is 7.05 Å². The van der Waals surface area contributed by atoms with Crippen LogP contribution in [0, 0.1) is 6.92 Å². The fourth-order valence-corrected chi connectivity index (χ4v) is 1.88. The first-order valence-corrected chi connectivity index (χ1v) is 5.30. The monoisotopic (exact) mass is 228 g/mol. The van der Waals surface area contributed by atoms with Gasteiger partial charge in [-0.3, -0.25) is 0 Å². The Morgan fingerprint density at radius 1 is 1.41 bits per heavy atom. The number of nitrogen functional groups attached to an aromatic ring is 1. The third-order valence-corrected chi connectivity index (χ3v) is 2.80. The summed E-state index contributed by atoms with van der Waals surface area (Å²) < 4.78 is 7.10. The Labute approximate surface area is 97.9 Å². The summed E-state index contributed by atoms with van der Waals surface area (Å²) in [5, 5.41) is 5.33. The quantitative estimate of drug-likeness (QED) is 0.692. The lowest BCUT2D eigenvalue weighted by Gasteiger charge is -1.99. The minimum atomic E-state index is 0.665. The molecule has 0 atom stereocenters. The van der Waals surface area contributed by atoms with Gasteiger partial charge in [0.25, 0.3) is 0 Å². The molecule has 2 N–H and O–H groups in total. The van der Waals surface area contributed by atoms with Crippen LogP contribution in [-0.2, 0) is 7.05 Å². The number of furan rings is 1. The first-order valence-electron chi connectivity index (χ1n) is 5.30. The Bertz CT molecular complexity index is 682. The zero-order valence-corrected chi connectivity index (χ0v) is 9.64. The van der Waals surface area contributed by atoms with E-state index in [0.29, 0.717) is 5.69 Å². The van der Waals surface area contributed by atoms with E-state index < -0.39 is 0 Å². The van der Waals surface area contributed by atoms with Crippen molar-refractivity contribution < 1.29 is 4.42 Å². The van der Waals surface area contributed by atoms with E-state index in [1.54, 1.807) is 10.9 Å². The molecule has 0 bridgehead atoms. The van der Waals surface area contributed by atoms with Gasteiger partial charge in [0.05, 0.1) is 23.0 Å². The van der Waals surface area contributed by atoms with Gasteiger partial charge in [-0.05, 0) is 25.1 Å². The molecule has 5 nitrogen and oxygen atoms in total. The maximum atomic E-state index is 5.89. The summed E-state index contributed by atoms with van der Waals surface area (Å²) in [6, 6.07) is 5.60. The molecule has 0 spiro atoms. The van der Waals surface area contributed by atoms with Crippen LogP contribution in [0.25, 0.3) is 22.5 Å². The zero-order valence-electron chi connectivity index (χ0n) is 9.64. The molecule has 3 aromatic heterocycles. The van der Waals surface area contributed by atoms with Crippen molar-refractivity contribution in [3.8, 4) is 11.5 Å². The normalized spacial score (nSPS) is 11.2. The molecule has 0 aliphatic carbocycles. The van der Waals surface area contributed by atoms with Gasteiger partial charge in [0, 0.05) is 7.05 Å². The molecule has 17 heavy (non-hydrogen) atoms. The molecule has 0 amide bonds. The number of hydrogen-bond donors (Lipinski definition) is 1. The van der Waals surface area contributed by atoms with Gasteiger partial charge in [-0.2, -0.15) is 5.10 Å². The van der Waals surface area contributed by atoms with Crippen molar-refractivity contribution in [3.05, 3.63) is 30.2 Å². The molecule has 0 radical (unpaired) electrons. The predicted molar refractivity (Wildman–Crippen MR) is 65.4 cm³/mol. The molecular weight excluding hydrogens is 216 g/mol. The van der Waals surface area contributed by atoms with Crippen LogP contribution in [0.4, 0.5) is 5.69 Å². The summed E-state index contributed by atoms with van der Waals surface area (Å²) in [6.45, 7) is 1.88. The van der Waals surface area contributed by atoms with Crippen LogP contribution in [0.5, 0.6) is 0 Å². The second-order valence-corrected chi connectivity index (χ2v) is 3.98. The number of nitrogens with two attached hydrogens (primary N) is 1. The number of anilines is 1. The first kappa shape index (κ1) is 9.89. The van der Waals surface area contributed by atoms with Crippen LogP contribution in [-0.4, -0.2) is 14.8 Å².